The van der Waals surface area contributed by atoms with E-state index in [2.05, 4.69) is 5.38 Å². The Bertz CT molecular complexity index is 1100. The molecule has 29 heavy (non-hydrogen) atoms. The fraction of sp³-hybridized carbons (Fsp3) is 0.130. The van der Waals surface area contributed by atoms with Gasteiger partial charge in [-0.05, 0) is 46.7 Å². The second kappa shape index (κ2) is 8.32. The Kier molecular flexibility index (Phi) is 5.44. The Labute approximate surface area is 173 Å². The van der Waals surface area contributed by atoms with Crippen LogP contribution in [0.3, 0.4) is 0 Å². The van der Waals surface area contributed by atoms with E-state index in [9.17, 15) is 4.79 Å². The second-order valence-electron chi connectivity index (χ2n) is 6.70. The largest absolute Gasteiger partial charge is 0.497 e. The Morgan fingerprint density at radius 3 is 2.69 bits per heavy atom. The molecule has 4 rings (SSSR count). The lowest BCUT2D eigenvalue weighted by atomic mass is 10.1. The molecule has 0 aliphatic carbocycles. The zero-order chi connectivity index (χ0) is 20.2. The number of ether oxygens (including phenoxy) is 1. The highest BCUT2D eigenvalue weighted by atomic mass is 32.1. The molecule has 0 spiro atoms. The van der Waals surface area contributed by atoms with Crippen LogP contribution in [0, 0.1) is 0 Å². The molecule has 4 aromatic rings. The molecule has 0 bridgehead atoms. The number of hydrogen-bond donors (Lipinski definition) is 0. The maximum Gasteiger partial charge on any atom is 0.257 e. The van der Waals surface area contributed by atoms with Gasteiger partial charge in [0.1, 0.15) is 11.4 Å². The Hall–Kier alpha value is -3.38. The number of methoxy groups -OCH3 is 1. The normalized spacial score (nSPS) is 10.7. The fourth-order valence-electron chi connectivity index (χ4n) is 3.16. The van der Waals surface area contributed by atoms with Crippen molar-refractivity contribution in [1.29, 1.82) is 0 Å². The predicted octanol–water partition coefficient (Wildman–Crippen LogP) is 4.88. The van der Waals surface area contributed by atoms with E-state index in [1.54, 1.807) is 34.2 Å². The van der Waals surface area contributed by atoms with Crippen molar-refractivity contribution in [3.63, 3.8) is 0 Å². The number of amides is 1. The average molecular weight is 404 g/mol. The van der Waals surface area contributed by atoms with Crippen LogP contribution >= 0.6 is 11.3 Å². The van der Waals surface area contributed by atoms with Crippen LogP contribution in [0.25, 0.3) is 16.9 Å². The van der Waals surface area contributed by atoms with Crippen molar-refractivity contribution in [2.45, 2.75) is 6.54 Å². The fourth-order valence-corrected chi connectivity index (χ4v) is 3.82. The molecule has 6 heteroatoms. The molecule has 2 heterocycles. The number of nitrogens with zero attached hydrogens (tertiary/aromatic N) is 3. The molecule has 0 fully saturated rings. The van der Waals surface area contributed by atoms with Gasteiger partial charge in [0.25, 0.3) is 5.91 Å². The molecule has 0 aliphatic rings. The van der Waals surface area contributed by atoms with E-state index in [0.717, 1.165) is 22.6 Å². The molecule has 0 unspecified atom stereocenters. The van der Waals surface area contributed by atoms with Gasteiger partial charge in [0.15, 0.2) is 0 Å². The molecule has 146 valence electrons. The lowest BCUT2D eigenvalue weighted by Crippen LogP contribution is -2.26. The van der Waals surface area contributed by atoms with Crippen molar-refractivity contribution in [2.24, 2.45) is 0 Å². The van der Waals surface area contributed by atoms with E-state index in [1.165, 1.54) is 0 Å². The molecular formula is C23H21N3O2S. The van der Waals surface area contributed by atoms with Gasteiger partial charge in [0, 0.05) is 25.4 Å². The summed E-state index contributed by atoms with van der Waals surface area (Å²) in [5.41, 5.74) is 4.04. The van der Waals surface area contributed by atoms with Gasteiger partial charge in [-0.15, -0.1) is 0 Å². The molecule has 0 atom stereocenters. The number of aromatic nitrogens is 2. The first-order valence-electron chi connectivity index (χ1n) is 9.22. The first-order chi connectivity index (χ1) is 14.2. The minimum absolute atomic E-state index is 0.0730. The van der Waals surface area contributed by atoms with Crippen molar-refractivity contribution in [3.05, 3.63) is 88.7 Å². The van der Waals surface area contributed by atoms with Crippen molar-refractivity contribution in [2.75, 3.05) is 14.2 Å². The van der Waals surface area contributed by atoms with Crippen molar-refractivity contribution in [3.8, 4) is 22.7 Å². The summed E-state index contributed by atoms with van der Waals surface area (Å²) in [7, 11) is 3.44. The number of carbonyl (C=O) groups is 1. The minimum atomic E-state index is -0.0730. The molecular weight excluding hydrogens is 382 g/mol. The number of para-hydroxylation sites is 1. The Morgan fingerprint density at radius 1 is 1.14 bits per heavy atom. The molecule has 2 aromatic heterocycles. The van der Waals surface area contributed by atoms with Gasteiger partial charge >= 0.3 is 0 Å². The van der Waals surface area contributed by atoms with Crippen molar-refractivity contribution >= 4 is 17.2 Å². The summed E-state index contributed by atoms with van der Waals surface area (Å²) in [5, 5.41) is 8.81. The van der Waals surface area contributed by atoms with Crippen LogP contribution < -0.4 is 4.74 Å². The number of thiophene rings is 1. The molecule has 0 radical (unpaired) electrons. The highest BCUT2D eigenvalue weighted by molar-refractivity contribution is 7.07. The highest BCUT2D eigenvalue weighted by Crippen LogP contribution is 2.28. The summed E-state index contributed by atoms with van der Waals surface area (Å²) < 4.78 is 7.11. The maximum absolute atomic E-state index is 13.3. The van der Waals surface area contributed by atoms with Crippen LogP contribution in [0.4, 0.5) is 0 Å². The first kappa shape index (κ1) is 19.0. The Balaban J connectivity index is 1.76. The summed E-state index contributed by atoms with van der Waals surface area (Å²) >= 11 is 1.63. The zero-order valence-corrected chi connectivity index (χ0v) is 17.1. The summed E-state index contributed by atoms with van der Waals surface area (Å²) in [6.45, 7) is 0.552. The van der Waals surface area contributed by atoms with Gasteiger partial charge in [-0.1, -0.05) is 30.3 Å². The van der Waals surface area contributed by atoms with Gasteiger partial charge in [0.05, 0.1) is 18.4 Å². The van der Waals surface area contributed by atoms with Gasteiger partial charge in [-0.2, -0.15) is 16.4 Å². The second-order valence-corrected chi connectivity index (χ2v) is 7.48. The van der Waals surface area contributed by atoms with E-state index in [4.69, 9.17) is 9.84 Å². The maximum atomic E-state index is 13.3. The van der Waals surface area contributed by atoms with Gasteiger partial charge < -0.3 is 9.64 Å². The van der Waals surface area contributed by atoms with Crippen LogP contribution in [0.1, 0.15) is 15.9 Å². The number of benzene rings is 2. The molecule has 2 aromatic carbocycles. The van der Waals surface area contributed by atoms with E-state index in [-0.39, 0.29) is 5.91 Å². The molecule has 0 N–H and O–H groups in total. The van der Waals surface area contributed by atoms with Crippen LogP contribution in [-0.4, -0.2) is 34.7 Å². The van der Waals surface area contributed by atoms with E-state index in [0.29, 0.717) is 17.8 Å². The first-order valence-corrected chi connectivity index (χ1v) is 10.2. The third kappa shape index (κ3) is 4.07. The highest BCUT2D eigenvalue weighted by Gasteiger charge is 2.22. The summed E-state index contributed by atoms with van der Waals surface area (Å²) in [5.74, 6) is 0.651. The monoisotopic (exact) mass is 403 g/mol. The van der Waals surface area contributed by atoms with Crippen LogP contribution in [0.15, 0.2) is 77.6 Å². The van der Waals surface area contributed by atoms with Gasteiger partial charge in [-0.25, -0.2) is 4.68 Å². The lowest BCUT2D eigenvalue weighted by molar-refractivity contribution is 0.0786. The van der Waals surface area contributed by atoms with Crippen molar-refractivity contribution < 1.29 is 9.53 Å². The van der Waals surface area contributed by atoms with E-state index < -0.39 is 0 Å². The van der Waals surface area contributed by atoms with E-state index in [1.807, 2.05) is 73.1 Å². The summed E-state index contributed by atoms with van der Waals surface area (Å²) in [6.07, 6.45) is 1.80. The topological polar surface area (TPSA) is 47.4 Å². The standard InChI is InChI=1S/C23H21N3O2S/c1-25(14-17-11-12-29-16-17)23(27)21-15-26(19-8-4-3-5-9-19)24-22(21)18-7-6-10-20(13-18)28-2/h3-13,15-16H,14H2,1-2H3. The SMILES string of the molecule is COc1cccc(-c2nn(-c3ccccc3)cc2C(=O)N(C)Cc2ccsc2)c1. The molecule has 0 saturated carbocycles. The van der Waals surface area contributed by atoms with Gasteiger partial charge in [0.2, 0.25) is 0 Å². The van der Waals surface area contributed by atoms with Crippen LogP contribution in [0.5, 0.6) is 5.75 Å². The number of hydrogen-bond acceptors (Lipinski definition) is 4. The van der Waals surface area contributed by atoms with Crippen LogP contribution in [0.2, 0.25) is 0 Å². The number of carbonyl (C=O) groups excluding carboxylic acids is 1. The third-order valence-corrected chi connectivity index (χ3v) is 5.39. The quantitative estimate of drug-likeness (QED) is 0.461. The van der Waals surface area contributed by atoms with Gasteiger partial charge in [-0.3, -0.25) is 4.79 Å². The molecule has 5 nitrogen and oxygen atoms in total. The summed E-state index contributed by atoms with van der Waals surface area (Å²) in [6, 6.07) is 19.4. The average Bonchev–Trinajstić information content (AvgIpc) is 3.44. The molecule has 0 saturated heterocycles. The number of rotatable bonds is 6. The smallest absolute Gasteiger partial charge is 0.257 e. The van der Waals surface area contributed by atoms with Crippen LogP contribution in [-0.2, 0) is 6.54 Å². The third-order valence-electron chi connectivity index (χ3n) is 4.66. The minimum Gasteiger partial charge on any atom is -0.497 e. The lowest BCUT2D eigenvalue weighted by Gasteiger charge is -2.16. The predicted molar refractivity (Wildman–Crippen MR) is 116 cm³/mol. The Morgan fingerprint density at radius 2 is 1.97 bits per heavy atom. The summed E-state index contributed by atoms with van der Waals surface area (Å²) in [4.78, 5) is 15.0. The molecule has 1 amide bonds. The zero-order valence-electron chi connectivity index (χ0n) is 16.3. The van der Waals surface area contributed by atoms with Crippen molar-refractivity contribution in [1.82, 2.24) is 14.7 Å². The van der Waals surface area contributed by atoms with E-state index >= 15 is 0 Å². The molecule has 0 aliphatic heterocycles.